The Morgan fingerprint density at radius 2 is 1.74 bits per heavy atom. The molecule has 174 valence electrons. The molecule has 9 heteroatoms. The van der Waals surface area contributed by atoms with Crippen LogP contribution in [0.4, 0.5) is 28.4 Å². The SMILES string of the molecule is CNc1c(Nc2cccc(NC(=O)c3sccc3NCc3ccnc4ccccc34)c2)c(=O)c1=O. The van der Waals surface area contributed by atoms with Gasteiger partial charge in [-0.25, -0.2) is 0 Å². The summed E-state index contributed by atoms with van der Waals surface area (Å²) in [5.74, 6) is -0.246. The molecule has 0 radical (unpaired) electrons. The highest BCUT2D eigenvalue weighted by Crippen LogP contribution is 2.27. The summed E-state index contributed by atoms with van der Waals surface area (Å²) in [7, 11) is 1.59. The Bertz CT molecular complexity index is 1610. The molecule has 0 bridgehead atoms. The predicted molar refractivity (Wildman–Crippen MR) is 142 cm³/mol. The van der Waals surface area contributed by atoms with Crippen molar-refractivity contribution in [2.75, 3.05) is 28.3 Å². The fourth-order valence-corrected chi connectivity index (χ4v) is 4.65. The third-order valence-electron chi connectivity index (χ3n) is 5.63. The highest BCUT2D eigenvalue weighted by molar-refractivity contribution is 7.12. The molecule has 0 atom stereocenters. The highest BCUT2D eigenvalue weighted by Gasteiger charge is 2.20. The van der Waals surface area contributed by atoms with E-state index >= 15 is 0 Å². The number of benzene rings is 2. The van der Waals surface area contributed by atoms with Gasteiger partial charge in [0.05, 0.1) is 11.2 Å². The first-order valence-corrected chi connectivity index (χ1v) is 11.8. The fraction of sp³-hybridized carbons (Fsp3) is 0.0769. The van der Waals surface area contributed by atoms with E-state index in [0.717, 1.165) is 22.2 Å². The Morgan fingerprint density at radius 3 is 2.60 bits per heavy atom. The summed E-state index contributed by atoms with van der Waals surface area (Å²) in [5, 5.41) is 14.9. The van der Waals surface area contributed by atoms with Crippen molar-refractivity contribution in [2.45, 2.75) is 6.54 Å². The molecule has 0 saturated carbocycles. The van der Waals surface area contributed by atoms with Gasteiger partial charge in [0.1, 0.15) is 16.3 Å². The second-order valence-corrected chi connectivity index (χ2v) is 8.74. The minimum Gasteiger partial charge on any atom is -0.383 e. The molecule has 0 spiro atoms. The molecule has 2 aromatic heterocycles. The maximum Gasteiger partial charge on any atom is 0.267 e. The van der Waals surface area contributed by atoms with E-state index in [1.54, 1.807) is 37.5 Å². The normalized spacial score (nSPS) is 10.9. The largest absolute Gasteiger partial charge is 0.383 e. The molecule has 0 aliphatic rings. The quantitative estimate of drug-likeness (QED) is 0.240. The molecule has 5 rings (SSSR count). The number of rotatable bonds is 8. The van der Waals surface area contributed by atoms with Crippen LogP contribution in [0.2, 0.25) is 0 Å². The molecule has 1 amide bonds. The number of aromatic nitrogens is 1. The zero-order chi connectivity index (χ0) is 24.4. The minimum absolute atomic E-state index is 0.217. The number of nitrogens with zero attached hydrogens (tertiary/aromatic N) is 1. The number of hydrogen-bond donors (Lipinski definition) is 4. The highest BCUT2D eigenvalue weighted by atomic mass is 32.1. The second kappa shape index (κ2) is 9.40. The van der Waals surface area contributed by atoms with E-state index in [2.05, 4.69) is 26.3 Å². The molecule has 0 aliphatic carbocycles. The van der Waals surface area contributed by atoms with Gasteiger partial charge >= 0.3 is 0 Å². The second-order valence-electron chi connectivity index (χ2n) is 7.82. The van der Waals surface area contributed by atoms with E-state index in [1.807, 2.05) is 41.8 Å². The molecule has 4 N–H and O–H groups in total. The number of amides is 1. The van der Waals surface area contributed by atoms with E-state index in [-0.39, 0.29) is 17.3 Å². The average Bonchev–Trinajstić information content (AvgIpc) is 3.36. The van der Waals surface area contributed by atoms with Crippen LogP contribution in [0.3, 0.4) is 0 Å². The van der Waals surface area contributed by atoms with E-state index in [0.29, 0.717) is 22.8 Å². The van der Waals surface area contributed by atoms with Crippen LogP contribution in [0.15, 0.2) is 81.8 Å². The van der Waals surface area contributed by atoms with E-state index in [1.165, 1.54) is 11.3 Å². The number of carbonyl (C=O) groups excluding carboxylic acids is 1. The van der Waals surface area contributed by atoms with E-state index < -0.39 is 10.9 Å². The Balaban J connectivity index is 1.29. The van der Waals surface area contributed by atoms with Gasteiger partial charge in [-0.2, -0.15) is 0 Å². The van der Waals surface area contributed by atoms with Gasteiger partial charge in [-0.1, -0.05) is 24.3 Å². The van der Waals surface area contributed by atoms with E-state index in [4.69, 9.17) is 0 Å². The lowest BCUT2D eigenvalue weighted by Crippen LogP contribution is -2.35. The zero-order valence-corrected chi connectivity index (χ0v) is 19.5. The standard InChI is InChI=1S/C26H21N5O3S/c1-27-21-22(24(33)23(21)32)30-16-5-4-6-17(13-16)31-26(34)25-20(10-12-35-25)29-14-15-9-11-28-19-8-3-2-7-18(15)19/h2-13,27,29-30H,14H2,1H3,(H,31,34). The fourth-order valence-electron chi connectivity index (χ4n) is 3.88. The molecular weight excluding hydrogens is 462 g/mol. The summed E-state index contributed by atoms with van der Waals surface area (Å²) in [4.78, 5) is 41.4. The molecule has 8 nitrogen and oxygen atoms in total. The van der Waals surface area contributed by atoms with Crippen molar-refractivity contribution in [1.29, 1.82) is 0 Å². The summed E-state index contributed by atoms with van der Waals surface area (Å²) in [6.07, 6.45) is 1.78. The van der Waals surface area contributed by atoms with Crippen molar-refractivity contribution in [3.63, 3.8) is 0 Å². The Morgan fingerprint density at radius 1 is 0.943 bits per heavy atom. The first kappa shape index (κ1) is 22.3. The van der Waals surface area contributed by atoms with Gasteiger partial charge in [-0.15, -0.1) is 11.3 Å². The van der Waals surface area contributed by atoms with Gasteiger partial charge < -0.3 is 21.3 Å². The van der Waals surface area contributed by atoms with Gasteiger partial charge in [0.25, 0.3) is 16.8 Å². The number of para-hydroxylation sites is 1. The number of carbonyl (C=O) groups is 1. The minimum atomic E-state index is -0.569. The topological polar surface area (TPSA) is 112 Å². The Hall–Kier alpha value is -4.50. The summed E-state index contributed by atoms with van der Waals surface area (Å²) in [6, 6.07) is 18.8. The summed E-state index contributed by atoms with van der Waals surface area (Å²) in [5.41, 5.74) is 3.25. The molecule has 5 aromatic rings. The van der Waals surface area contributed by atoms with Crippen LogP contribution in [0.1, 0.15) is 15.2 Å². The van der Waals surface area contributed by atoms with Crippen molar-refractivity contribution < 1.29 is 4.79 Å². The lowest BCUT2D eigenvalue weighted by molar-refractivity contribution is 0.103. The van der Waals surface area contributed by atoms with Crippen LogP contribution in [0.25, 0.3) is 10.9 Å². The molecule has 2 heterocycles. The number of pyridine rings is 1. The number of anilines is 5. The Labute approximate surface area is 204 Å². The van der Waals surface area contributed by atoms with Crippen molar-refractivity contribution in [2.24, 2.45) is 0 Å². The van der Waals surface area contributed by atoms with Crippen LogP contribution < -0.4 is 32.1 Å². The van der Waals surface area contributed by atoms with Crippen molar-refractivity contribution in [3.8, 4) is 0 Å². The average molecular weight is 484 g/mol. The third kappa shape index (κ3) is 4.36. The van der Waals surface area contributed by atoms with Crippen molar-refractivity contribution in [3.05, 3.63) is 103 Å². The number of thiophene rings is 1. The third-order valence-corrected chi connectivity index (χ3v) is 6.54. The van der Waals surface area contributed by atoms with Gasteiger partial charge in [-0.3, -0.25) is 19.4 Å². The number of hydrogen-bond acceptors (Lipinski definition) is 8. The Kier molecular flexibility index (Phi) is 5.99. The van der Waals surface area contributed by atoms with Crippen LogP contribution >= 0.6 is 11.3 Å². The first-order chi connectivity index (χ1) is 17.0. The van der Waals surface area contributed by atoms with Gasteiger partial charge in [0, 0.05) is 36.6 Å². The van der Waals surface area contributed by atoms with Crippen molar-refractivity contribution in [1.82, 2.24) is 4.98 Å². The molecule has 0 saturated heterocycles. The van der Waals surface area contributed by atoms with Crippen LogP contribution in [-0.2, 0) is 6.54 Å². The molecule has 0 unspecified atom stereocenters. The zero-order valence-electron chi connectivity index (χ0n) is 18.7. The van der Waals surface area contributed by atoms with Crippen LogP contribution in [0.5, 0.6) is 0 Å². The van der Waals surface area contributed by atoms with Gasteiger partial charge in [-0.05, 0) is 47.3 Å². The summed E-state index contributed by atoms with van der Waals surface area (Å²) in [6.45, 7) is 0.551. The molecule has 0 aliphatic heterocycles. The smallest absolute Gasteiger partial charge is 0.267 e. The van der Waals surface area contributed by atoms with Crippen LogP contribution in [-0.4, -0.2) is 17.9 Å². The summed E-state index contributed by atoms with van der Waals surface area (Å²) < 4.78 is 0. The molecular formula is C26H21N5O3S. The van der Waals surface area contributed by atoms with E-state index in [9.17, 15) is 14.4 Å². The molecule has 0 fully saturated rings. The maximum atomic E-state index is 13.0. The number of nitrogens with one attached hydrogen (secondary N) is 4. The molecule has 3 aromatic carbocycles. The monoisotopic (exact) mass is 483 g/mol. The molecule has 35 heavy (non-hydrogen) atoms. The van der Waals surface area contributed by atoms with Crippen molar-refractivity contribution >= 4 is 56.6 Å². The summed E-state index contributed by atoms with van der Waals surface area (Å²) >= 11 is 1.35. The lowest BCUT2D eigenvalue weighted by Gasteiger charge is -2.14. The van der Waals surface area contributed by atoms with Crippen LogP contribution in [0, 0.1) is 0 Å². The number of fused-ring (bicyclic) bond motifs is 1. The lowest BCUT2D eigenvalue weighted by atomic mass is 10.1. The van der Waals surface area contributed by atoms with Gasteiger partial charge in [0.15, 0.2) is 0 Å². The maximum absolute atomic E-state index is 13.0. The van der Waals surface area contributed by atoms with Gasteiger partial charge in [0.2, 0.25) is 0 Å². The predicted octanol–water partition coefficient (Wildman–Crippen LogP) is 4.54. The first-order valence-electron chi connectivity index (χ1n) is 10.9.